The van der Waals surface area contributed by atoms with Crippen molar-refractivity contribution >= 4 is 52.3 Å². The molecule has 1 aliphatic rings. The van der Waals surface area contributed by atoms with Gasteiger partial charge in [0.15, 0.2) is 5.78 Å². The van der Waals surface area contributed by atoms with E-state index in [1.165, 1.54) is 37.3 Å². The summed E-state index contributed by atoms with van der Waals surface area (Å²) in [5.74, 6) is -7.40. The van der Waals surface area contributed by atoms with Crippen molar-refractivity contribution < 1.29 is 35.9 Å². The SMILES string of the molecule is Cc1cc(/C(F)=C/C(c2cc(Cl)c(Cl)c(Cl)c2)C(C)(F)F)ccc1C(=O)CC1(C(=O)N(C)CC(F)(F)F)CC1. The molecule has 2 aromatic carbocycles. The summed E-state index contributed by atoms with van der Waals surface area (Å²) in [6.07, 6.45) is -3.59. The number of hydrogen-bond donors (Lipinski definition) is 0. The molecule has 3 nitrogen and oxygen atoms in total. The Morgan fingerprint density at radius 1 is 1.05 bits per heavy atom. The molecule has 1 amide bonds. The van der Waals surface area contributed by atoms with Crippen LogP contribution in [0.2, 0.25) is 15.1 Å². The van der Waals surface area contributed by atoms with Gasteiger partial charge in [-0.05, 0) is 55.2 Å². The lowest BCUT2D eigenvalue weighted by Crippen LogP contribution is -2.41. The van der Waals surface area contributed by atoms with Crippen molar-refractivity contribution in [3.05, 3.63) is 73.7 Å². The normalized spacial score (nSPS) is 16.2. The quantitative estimate of drug-likeness (QED) is 0.161. The number of alkyl halides is 5. The summed E-state index contributed by atoms with van der Waals surface area (Å²) >= 11 is 17.8. The first kappa shape index (κ1) is 31.3. The number of halogens is 9. The highest BCUT2D eigenvalue weighted by Crippen LogP contribution is 2.51. The highest BCUT2D eigenvalue weighted by atomic mass is 35.5. The molecule has 0 aliphatic heterocycles. The van der Waals surface area contributed by atoms with E-state index in [1.54, 1.807) is 0 Å². The Balaban J connectivity index is 1.84. The van der Waals surface area contributed by atoms with Crippen LogP contribution >= 0.6 is 34.8 Å². The van der Waals surface area contributed by atoms with Gasteiger partial charge in [0, 0.05) is 31.5 Å². The predicted molar refractivity (Wildman–Crippen MR) is 139 cm³/mol. The highest BCUT2D eigenvalue weighted by Gasteiger charge is 2.53. The number of rotatable bonds is 9. The summed E-state index contributed by atoms with van der Waals surface area (Å²) in [6, 6.07) is 6.18. The fraction of sp³-hybridized carbons (Fsp3) is 0.407. The molecule has 0 aromatic heterocycles. The van der Waals surface area contributed by atoms with Crippen LogP contribution < -0.4 is 0 Å². The first-order valence-electron chi connectivity index (χ1n) is 11.7. The maximum Gasteiger partial charge on any atom is 0.406 e. The summed E-state index contributed by atoms with van der Waals surface area (Å²) in [5, 5.41) is -0.169. The maximum absolute atomic E-state index is 15.2. The fourth-order valence-electron chi connectivity index (χ4n) is 4.42. The molecule has 1 saturated carbocycles. The number of carbonyl (C=O) groups excluding carboxylic acids is 2. The summed E-state index contributed by atoms with van der Waals surface area (Å²) in [6.45, 7) is 0.700. The van der Waals surface area contributed by atoms with E-state index in [4.69, 9.17) is 34.8 Å². The monoisotopic (exact) mass is 613 g/mol. The number of amides is 1. The van der Waals surface area contributed by atoms with Gasteiger partial charge >= 0.3 is 6.18 Å². The Bertz CT molecular complexity index is 1290. The van der Waals surface area contributed by atoms with Gasteiger partial charge in [-0.1, -0.05) is 46.9 Å². The van der Waals surface area contributed by atoms with E-state index in [1.807, 2.05) is 0 Å². The van der Waals surface area contributed by atoms with Crippen LogP contribution in [-0.4, -0.2) is 42.3 Å². The molecule has 0 heterocycles. The van der Waals surface area contributed by atoms with Crippen molar-refractivity contribution in [2.75, 3.05) is 13.6 Å². The minimum absolute atomic E-state index is 0.0257. The average molecular weight is 615 g/mol. The first-order chi connectivity index (χ1) is 17.8. The summed E-state index contributed by atoms with van der Waals surface area (Å²) in [5.41, 5.74) is -0.876. The van der Waals surface area contributed by atoms with Crippen molar-refractivity contribution in [1.82, 2.24) is 4.90 Å². The minimum atomic E-state index is -4.57. The molecule has 0 N–H and O–H groups in total. The van der Waals surface area contributed by atoms with Gasteiger partial charge in [-0.25, -0.2) is 13.2 Å². The zero-order valence-electron chi connectivity index (χ0n) is 21.0. The Morgan fingerprint density at radius 2 is 1.62 bits per heavy atom. The standard InChI is InChI=1S/C27H24Cl3F6NO2/c1-14-8-15(21(31)11-18(25(2,32)33)16-9-19(28)23(30)20(29)10-16)4-5-17(14)22(38)12-26(6-7-26)24(39)37(3)13-27(34,35)36/h4-5,8-11,18H,6-7,12-13H2,1-3H3/b21-11-. The van der Waals surface area contributed by atoms with Crippen LogP contribution in [0.4, 0.5) is 26.3 Å². The second-order valence-electron chi connectivity index (χ2n) is 9.93. The topological polar surface area (TPSA) is 37.4 Å². The molecular weight excluding hydrogens is 591 g/mol. The molecule has 1 atom stereocenters. The Hall–Kier alpha value is -2.23. The third-order valence-electron chi connectivity index (χ3n) is 6.60. The molecular formula is C27H24Cl3F6NO2. The summed E-state index contributed by atoms with van der Waals surface area (Å²) < 4.78 is 82.2. The van der Waals surface area contributed by atoms with Gasteiger partial charge in [0.05, 0.1) is 26.4 Å². The third kappa shape index (κ3) is 7.50. The largest absolute Gasteiger partial charge is 0.406 e. The number of Topliss-reactive ketones (excluding diaryl/α,β-unsaturated/α-hetero) is 1. The van der Waals surface area contributed by atoms with Gasteiger partial charge in [0.1, 0.15) is 12.4 Å². The molecule has 0 radical (unpaired) electrons. The van der Waals surface area contributed by atoms with Crippen LogP contribution in [0.3, 0.4) is 0 Å². The van der Waals surface area contributed by atoms with Gasteiger partial charge in [-0.2, -0.15) is 13.2 Å². The molecule has 1 unspecified atom stereocenters. The third-order valence-corrected chi connectivity index (χ3v) is 7.79. The molecule has 212 valence electrons. The summed E-state index contributed by atoms with van der Waals surface area (Å²) in [4.78, 5) is 26.1. The van der Waals surface area contributed by atoms with Crippen LogP contribution in [0.1, 0.15) is 59.2 Å². The van der Waals surface area contributed by atoms with Gasteiger partial charge in [0.2, 0.25) is 5.91 Å². The van der Waals surface area contributed by atoms with E-state index in [0.717, 1.165) is 13.1 Å². The number of ketones is 1. The number of hydrogen-bond acceptors (Lipinski definition) is 2. The molecule has 0 bridgehead atoms. The molecule has 0 saturated heterocycles. The Morgan fingerprint density at radius 3 is 2.08 bits per heavy atom. The van der Waals surface area contributed by atoms with Crippen LogP contribution in [0.5, 0.6) is 0 Å². The molecule has 0 spiro atoms. The van der Waals surface area contributed by atoms with Gasteiger partial charge in [0.25, 0.3) is 5.92 Å². The van der Waals surface area contributed by atoms with Gasteiger partial charge in [-0.15, -0.1) is 0 Å². The lowest BCUT2D eigenvalue weighted by atomic mass is 9.90. The van der Waals surface area contributed by atoms with Gasteiger partial charge < -0.3 is 4.90 Å². The lowest BCUT2D eigenvalue weighted by Gasteiger charge is -2.24. The van der Waals surface area contributed by atoms with Crippen LogP contribution in [0.25, 0.3) is 5.83 Å². The fourth-order valence-corrected chi connectivity index (χ4v) is 5.04. The Kier molecular flexibility index (Phi) is 9.10. The average Bonchev–Trinajstić information content (AvgIpc) is 3.58. The van der Waals surface area contributed by atoms with Crippen LogP contribution in [-0.2, 0) is 4.79 Å². The number of nitrogens with zero attached hydrogens (tertiary/aromatic N) is 1. The number of allylic oxidation sites excluding steroid dienone is 1. The smallest absolute Gasteiger partial charge is 0.336 e. The molecule has 3 rings (SSSR count). The van der Waals surface area contributed by atoms with Crippen molar-refractivity contribution in [1.29, 1.82) is 0 Å². The predicted octanol–water partition coefficient (Wildman–Crippen LogP) is 9.08. The van der Waals surface area contributed by atoms with E-state index < -0.39 is 47.5 Å². The number of benzene rings is 2. The number of carbonyl (C=O) groups is 2. The Labute approximate surface area is 236 Å². The van der Waals surface area contributed by atoms with Crippen molar-refractivity contribution in [2.24, 2.45) is 5.41 Å². The molecule has 2 aromatic rings. The second-order valence-corrected chi connectivity index (χ2v) is 11.1. The van der Waals surface area contributed by atoms with Crippen LogP contribution in [0.15, 0.2) is 36.4 Å². The highest BCUT2D eigenvalue weighted by molar-refractivity contribution is 6.48. The van der Waals surface area contributed by atoms with E-state index in [-0.39, 0.29) is 51.0 Å². The molecule has 1 aliphatic carbocycles. The van der Waals surface area contributed by atoms with E-state index in [2.05, 4.69) is 0 Å². The summed E-state index contributed by atoms with van der Waals surface area (Å²) in [7, 11) is 1.04. The van der Waals surface area contributed by atoms with E-state index >= 15 is 4.39 Å². The zero-order chi connectivity index (χ0) is 29.5. The molecule has 1 fully saturated rings. The first-order valence-corrected chi connectivity index (χ1v) is 12.8. The van der Waals surface area contributed by atoms with Crippen molar-refractivity contribution in [3.8, 4) is 0 Å². The van der Waals surface area contributed by atoms with Gasteiger partial charge in [-0.3, -0.25) is 9.59 Å². The second kappa shape index (κ2) is 11.3. The van der Waals surface area contributed by atoms with Crippen LogP contribution in [0, 0.1) is 12.3 Å². The molecule has 39 heavy (non-hydrogen) atoms. The minimum Gasteiger partial charge on any atom is -0.336 e. The van der Waals surface area contributed by atoms with Crippen molar-refractivity contribution in [2.45, 2.75) is 51.1 Å². The lowest BCUT2D eigenvalue weighted by molar-refractivity contribution is -0.161. The van der Waals surface area contributed by atoms with Crippen molar-refractivity contribution in [3.63, 3.8) is 0 Å². The van der Waals surface area contributed by atoms with E-state index in [0.29, 0.717) is 17.4 Å². The maximum atomic E-state index is 15.2. The zero-order valence-corrected chi connectivity index (χ0v) is 23.3. The number of aryl methyl sites for hydroxylation is 1. The van der Waals surface area contributed by atoms with E-state index in [9.17, 15) is 31.5 Å². The molecule has 12 heteroatoms.